The summed E-state index contributed by atoms with van der Waals surface area (Å²) in [6, 6.07) is 24.3. The lowest BCUT2D eigenvalue weighted by atomic mass is 10.0. The smallest absolute Gasteiger partial charge is 0.244 e. The topological polar surface area (TPSA) is 59.4 Å². The van der Waals surface area contributed by atoms with E-state index >= 15 is 0 Å². The van der Waals surface area contributed by atoms with Crippen molar-refractivity contribution in [3.05, 3.63) is 107 Å². The molecule has 1 amide bonds. The van der Waals surface area contributed by atoms with Crippen LogP contribution < -0.4 is 10.1 Å². The standard InChI is InChI=1S/C31H34N4O2/c1-22-11-12-25(19-23(22)2)31-26(21-35(33-31)27-9-7-6-8-10-27)15-18-30(36)32-20-29(34(3)4)24-13-16-28(37-5)17-14-24/h6-19,21,29H,20H2,1-5H3,(H,32,36)/b18-15+. The first-order valence-corrected chi connectivity index (χ1v) is 12.3. The van der Waals surface area contributed by atoms with Gasteiger partial charge in [-0.1, -0.05) is 42.5 Å². The van der Waals surface area contributed by atoms with E-state index in [1.807, 2.05) is 85.6 Å². The molecule has 0 saturated carbocycles. The van der Waals surface area contributed by atoms with Crippen LogP contribution in [-0.4, -0.2) is 48.3 Å². The minimum Gasteiger partial charge on any atom is -0.497 e. The monoisotopic (exact) mass is 494 g/mol. The van der Waals surface area contributed by atoms with Gasteiger partial charge in [0.15, 0.2) is 0 Å². The van der Waals surface area contributed by atoms with Gasteiger partial charge in [0.1, 0.15) is 5.75 Å². The summed E-state index contributed by atoms with van der Waals surface area (Å²) in [5, 5.41) is 7.92. The van der Waals surface area contributed by atoms with E-state index in [-0.39, 0.29) is 11.9 Å². The molecule has 0 aliphatic heterocycles. The highest BCUT2D eigenvalue weighted by Crippen LogP contribution is 2.27. The summed E-state index contributed by atoms with van der Waals surface area (Å²) in [5.41, 5.74) is 7.23. The number of para-hydroxylation sites is 1. The van der Waals surface area contributed by atoms with Crippen molar-refractivity contribution < 1.29 is 9.53 Å². The number of amides is 1. The fourth-order valence-corrected chi connectivity index (χ4v) is 4.18. The Morgan fingerprint density at radius 3 is 2.41 bits per heavy atom. The van der Waals surface area contributed by atoms with Gasteiger partial charge in [-0.15, -0.1) is 0 Å². The highest BCUT2D eigenvalue weighted by atomic mass is 16.5. The lowest BCUT2D eigenvalue weighted by Gasteiger charge is -2.25. The largest absolute Gasteiger partial charge is 0.497 e. The maximum Gasteiger partial charge on any atom is 0.244 e. The number of methoxy groups -OCH3 is 1. The molecule has 1 aromatic heterocycles. The Morgan fingerprint density at radius 1 is 1.03 bits per heavy atom. The molecule has 1 atom stereocenters. The molecule has 4 aromatic rings. The third-order valence-corrected chi connectivity index (χ3v) is 6.55. The van der Waals surface area contributed by atoms with Gasteiger partial charge >= 0.3 is 0 Å². The van der Waals surface area contributed by atoms with Crippen molar-refractivity contribution in [3.8, 4) is 22.7 Å². The minimum atomic E-state index is -0.154. The molecule has 6 nitrogen and oxygen atoms in total. The molecule has 3 aromatic carbocycles. The Bertz CT molecular complexity index is 1370. The van der Waals surface area contributed by atoms with E-state index in [9.17, 15) is 4.79 Å². The number of ether oxygens (including phenoxy) is 1. The highest BCUT2D eigenvalue weighted by Gasteiger charge is 2.16. The van der Waals surface area contributed by atoms with Crippen molar-refractivity contribution in [2.24, 2.45) is 0 Å². The van der Waals surface area contributed by atoms with Gasteiger partial charge in [-0.05, 0) is 81.0 Å². The van der Waals surface area contributed by atoms with Crippen LogP contribution >= 0.6 is 0 Å². The second kappa shape index (κ2) is 11.7. The molecular weight excluding hydrogens is 460 g/mol. The molecule has 190 valence electrons. The van der Waals surface area contributed by atoms with E-state index in [0.29, 0.717) is 6.54 Å². The molecule has 1 N–H and O–H groups in total. The summed E-state index contributed by atoms with van der Waals surface area (Å²) in [7, 11) is 5.66. The van der Waals surface area contributed by atoms with Gasteiger partial charge in [0, 0.05) is 29.9 Å². The van der Waals surface area contributed by atoms with Crippen LogP contribution in [0.15, 0.2) is 85.1 Å². The second-order valence-corrected chi connectivity index (χ2v) is 9.34. The van der Waals surface area contributed by atoms with Crippen LogP contribution in [0.25, 0.3) is 23.0 Å². The Hall–Kier alpha value is -4.16. The Morgan fingerprint density at radius 2 is 1.76 bits per heavy atom. The quantitative estimate of drug-likeness (QED) is 0.308. The van der Waals surface area contributed by atoms with Crippen LogP contribution in [0, 0.1) is 13.8 Å². The zero-order valence-corrected chi connectivity index (χ0v) is 22.1. The van der Waals surface area contributed by atoms with Crippen LogP contribution in [0.5, 0.6) is 5.75 Å². The van der Waals surface area contributed by atoms with Gasteiger partial charge in [-0.25, -0.2) is 4.68 Å². The summed E-state index contributed by atoms with van der Waals surface area (Å²) in [5.74, 6) is 0.655. The third kappa shape index (κ3) is 6.35. The molecule has 1 unspecified atom stereocenters. The number of likely N-dealkylation sites (N-methyl/N-ethyl adjacent to an activating group) is 1. The number of carbonyl (C=O) groups is 1. The molecule has 0 bridgehead atoms. The van der Waals surface area contributed by atoms with Crippen molar-refractivity contribution in [1.29, 1.82) is 0 Å². The summed E-state index contributed by atoms with van der Waals surface area (Å²) < 4.78 is 7.12. The van der Waals surface area contributed by atoms with Gasteiger partial charge in [0.2, 0.25) is 5.91 Å². The fourth-order valence-electron chi connectivity index (χ4n) is 4.18. The first-order valence-electron chi connectivity index (χ1n) is 12.3. The molecule has 6 heteroatoms. The Kier molecular flexibility index (Phi) is 8.21. The first-order chi connectivity index (χ1) is 17.9. The molecule has 37 heavy (non-hydrogen) atoms. The Labute approximate surface area is 219 Å². The number of aromatic nitrogens is 2. The van der Waals surface area contributed by atoms with Gasteiger partial charge in [-0.3, -0.25) is 4.79 Å². The van der Waals surface area contributed by atoms with Gasteiger partial charge in [0.25, 0.3) is 0 Å². The number of nitrogens with one attached hydrogen (secondary N) is 1. The normalized spacial score (nSPS) is 12.2. The van der Waals surface area contributed by atoms with Crippen molar-refractivity contribution in [2.45, 2.75) is 19.9 Å². The zero-order chi connectivity index (χ0) is 26.4. The number of hydrogen-bond donors (Lipinski definition) is 1. The molecule has 0 fully saturated rings. The average Bonchev–Trinajstić information content (AvgIpc) is 3.34. The van der Waals surface area contributed by atoms with Crippen LogP contribution in [0.3, 0.4) is 0 Å². The molecule has 4 rings (SSSR count). The Balaban J connectivity index is 1.55. The molecule has 0 spiro atoms. The van der Waals surface area contributed by atoms with Crippen molar-refractivity contribution >= 4 is 12.0 Å². The molecule has 0 aliphatic rings. The van der Waals surface area contributed by atoms with Crippen molar-refractivity contribution in [1.82, 2.24) is 20.0 Å². The van der Waals surface area contributed by atoms with Crippen molar-refractivity contribution in [3.63, 3.8) is 0 Å². The highest BCUT2D eigenvalue weighted by molar-refractivity contribution is 5.92. The zero-order valence-electron chi connectivity index (χ0n) is 22.1. The number of benzene rings is 3. The average molecular weight is 495 g/mol. The minimum absolute atomic E-state index is 0.0372. The number of carbonyl (C=O) groups excluding carboxylic acids is 1. The van der Waals surface area contributed by atoms with Crippen LogP contribution in [0.4, 0.5) is 0 Å². The summed E-state index contributed by atoms with van der Waals surface area (Å²) >= 11 is 0. The molecule has 0 radical (unpaired) electrons. The predicted octanol–water partition coefficient (Wildman–Crippen LogP) is 5.60. The van der Waals surface area contributed by atoms with Gasteiger partial charge < -0.3 is 15.0 Å². The first kappa shape index (κ1) is 25.9. The van der Waals surface area contributed by atoms with Crippen LogP contribution in [0.1, 0.15) is 28.3 Å². The van der Waals surface area contributed by atoms with Crippen molar-refractivity contribution in [2.75, 3.05) is 27.7 Å². The van der Waals surface area contributed by atoms with E-state index in [2.05, 4.69) is 42.3 Å². The molecule has 0 saturated heterocycles. The maximum atomic E-state index is 12.8. The number of rotatable bonds is 9. The SMILES string of the molecule is COc1ccc(C(CNC(=O)/C=C/c2cn(-c3ccccc3)nc2-c2ccc(C)c(C)c2)N(C)C)cc1. The lowest BCUT2D eigenvalue weighted by molar-refractivity contribution is -0.116. The number of aryl methyl sites for hydroxylation is 2. The van der Waals surface area contributed by atoms with Gasteiger partial charge in [-0.2, -0.15) is 5.10 Å². The van der Waals surface area contributed by atoms with E-state index in [0.717, 1.165) is 33.8 Å². The summed E-state index contributed by atoms with van der Waals surface area (Å²) in [4.78, 5) is 14.9. The number of nitrogens with zero attached hydrogens (tertiary/aromatic N) is 3. The fraction of sp³-hybridized carbons (Fsp3) is 0.226. The van der Waals surface area contributed by atoms with E-state index in [1.165, 1.54) is 11.1 Å². The molecule has 0 aliphatic carbocycles. The summed E-state index contributed by atoms with van der Waals surface area (Å²) in [6.45, 7) is 4.68. The predicted molar refractivity (Wildman–Crippen MR) is 150 cm³/mol. The maximum absolute atomic E-state index is 12.8. The van der Waals surface area contributed by atoms with Gasteiger partial charge in [0.05, 0.1) is 24.5 Å². The lowest BCUT2D eigenvalue weighted by Crippen LogP contribution is -2.33. The van der Waals surface area contributed by atoms with E-state index in [1.54, 1.807) is 13.2 Å². The van der Waals surface area contributed by atoms with E-state index < -0.39 is 0 Å². The van der Waals surface area contributed by atoms with Crippen LogP contribution in [-0.2, 0) is 4.79 Å². The second-order valence-electron chi connectivity index (χ2n) is 9.34. The van der Waals surface area contributed by atoms with Crippen LogP contribution in [0.2, 0.25) is 0 Å². The third-order valence-electron chi connectivity index (χ3n) is 6.55. The molecule has 1 heterocycles. The summed E-state index contributed by atoms with van der Waals surface area (Å²) in [6.07, 6.45) is 5.38. The number of hydrogen-bond acceptors (Lipinski definition) is 4. The molecular formula is C31H34N4O2. The van der Waals surface area contributed by atoms with E-state index in [4.69, 9.17) is 9.84 Å².